The van der Waals surface area contributed by atoms with Crippen molar-refractivity contribution in [1.29, 1.82) is 0 Å². The summed E-state index contributed by atoms with van der Waals surface area (Å²) in [5, 5.41) is 11.6. The predicted octanol–water partition coefficient (Wildman–Crippen LogP) is 0.708. The Labute approximate surface area is 89.1 Å². The highest BCUT2D eigenvalue weighted by Crippen LogP contribution is 2.03. The van der Waals surface area contributed by atoms with Crippen LogP contribution in [0.25, 0.3) is 0 Å². The van der Waals surface area contributed by atoms with E-state index in [0.717, 1.165) is 11.1 Å². The highest BCUT2D eigenvalue weighted by atomic mass is 16.4. The number of nitrogens with two attached hydrogens (primary N) is 1. The number of hydrogen-bond donors (Lipinski definition) is 3. The molecule has 0 aliphatic rings. The van der Waals surface area contributed by atoms with Crippen molar-refractivity contribution >= 4 is 5.97 Å². The van der Waals surface area contributed by atoms with E-state index < -0.39 is 12.0 Å². The van der Waals surface area contributed by atoms with Crippen molar-refractivity contribution in [2.75, 3.05) is 0 Å². The fourth-order valence-corrected chi connectivity index (χ4v) is 1.15. The number of hydrogen-bond acceptors (Lipinski definition) is 3. The van der Waals surface area contributed by atoms with E-state index in [-0.39, 0.29) is 0 Å². The zero-order valence-corrected chi connectivity index (χ0v) is 8.73. The predicted molar refractivity (Wildman–Crippen MR) is 58.3 cm³/mol. The van der Waals surface area contributed by atoms with Gasteiger partial charge in [-0.25, -0.2) is 0 Å². The van der Waals surface area contributed by atoms with Crippen LogP contribution < -0.4 is 11.1 Å². The largest absolute Gasteiger partial charge is 0.480 e. The fourth-order valence-electron chi connectivity index (χ4n) is 1.15. The number of carboxylic acid groups (broad SMARTS) is 1. The van der Waals surface area contributed by atoms with Gasteiger partial charge in [0.15, 0.2) is 0 Å². The van der Waals surface area contributed by atoms with Gasteiger partial charge in [0.05, 0.1) is 0 Å². The molecule has 0 aliphatic heterocycles. The third kappa shape index (κ3) is 3.69. The Bertz CT molecular complexity index is 322. The number of nitrogens with one attached hydrogen (secondary N) is 1. The summed E-state index contributed by atoms with van der Waals surface area (Å²) < 4.78 is 0. The molecule has 0 fully saturated rings. The van der Waals surface area contributed by atoms with Crippen molar-refractivity contribution in [3.63, 3.8) is 0 Å². The summed E-state index contributed by atoms with van der Waals surface area (Å²) in [7, 11) is 0. The molecule has 0 aromatic heterocycles. The van der Waals surface area contributed by atoms with Crippen molar-refractivity contribution in [2.24, 2.45) is 5.73 Å². The highest BCUT2D eigenvalue weighted by molar-refractivity contribution is 5.72. The fraction of sp³-hybridized carbons (Fsp3) is 0.364. The lowest BCUT2D eigenvalue weighted by Crippen LogP contribution is -2.33. The van der Waals surface area contributed by atoms with Crippen molar-refractivity contribution in [3.05, 3.63) is 35.4 Å². The molecule has 0 heterocycles. The molecule has 1 unspecified atom stereocenters. The van der Waals surface area contributed by atoms with Crippen LogP contribution >= 0.6 is 0 Å². The summed E-state index contributed by atoms with van der Waals surface area (Å²) in [6, 6.07) is 7.26. The molecule has 1 aromatic rings. The number of rotatable bonds is 5. The van der Waals surface area contributed by atoms with Crippen molar-refractivity contribution in [3.8, 4) is 0 Å². The van der Waals surface area contributed by atoms with Gasteiger partial charge >= 0.3 is 5.97 Å². The van der Waals surface area contributed by atoms with E-state index in [1.165, 1.54) is 0 Å². The maximum Gasteiger partial charge on any atom is 0.320 e. The summed E-state index contributed by atoms with van der Waals surface area (Å²) in [5.74, 6) is -0.839. The van der Waals surface area contributed by atoms with Gasteiger partial charge < -0.3 is 16.2 Å². The molecular formula is C11H16N2O2. The van der Waals surface area contributed by atoms with Crippen LogP contribution in [0.3, 0.4) is 0 Å². The van der Waals surface area contributed by atoms with E-state index >= 15 is 0 Å². The standard InChI is InChI=1S/C11H16N2O2/c1-8(11(14)15)13-7-10-4-2-9(6-12)3-5-10/h2-5,8,13H,6-7,12H2,1H3,(H,14,15). The van der Waals surface area contributed by atoms with Crippen molar-refractivity contribution < 1.29 is 9.90 Å². The molecule has 1 atom stereocenters. The van der Waals surface area contributed by atoms with Gasteiger partial charge in [-0.3, -0.25) is 4.79 Å². The van der Waals surface area contributed by atoms with E-state index in [4.69, 9.17) is 10.8 Å². The van der Waals surface area contributed by atoms with E-state index in [0.29, 0.717) is 13.1 Å². The Morgan fingerprint density at radius 1 is 1.40 bits per heavy atom. The Morgan fingerprint density at radius 2 is 1.93 bits per heavy atom. The molecule has 0 radical (unpaired) electrons. The number of carbonyl (C=O) groups is 1. The SMILES string of the molecule is CC(NCc1ccc(CN)cc1)C(=O)O. The van der Waals surface area contributed by atoms with Gasteiger partial charge in [-0.1, -0.05) is 24.3 Å². The third-order valence-corrected chi connectivity index (χ3v) is 2.24. The van der Waals surface area contributed by atoms with Crippen LogP contribution in [0, 0.1) is 0 Å². The van der Waals surface area contributed by atoms with Crippen LogP contribution in [0.4, 0.5) is 0 Å². The van der Waals surface area contributed by atoms with Crippen molar-refractivity contribution in [1.82, 2.24) is 5.32 Å². The maximum atomic E-state index is 10.5. The smallest absolute Gasteiger partial charge is 0.320 e. The highest BCUT2D eigenvalue weighted by Gasteiger charge is 2.08. The minimum Gasteiger partial charge on any atom is -0.480 e. The number of benzene rings is 1. The van der Waals surface area contributed by atoms with Crippen LogP contribution in [-0.4, -0.2) is 17.1 Å². The summed E-state index contributed by atoms with van der Waals surface area (Å²) >= 11 is 0. The average Bonchev–Trinajstić information content (AvgIpc) is 2.26. The minimum absolute atomic E-state index is 0.527. The Morgan fingerprint density at radius 3 is 2.40 bits per heavy atom. The Kier molecular flexibility index (Phi) is 4.27. The van der Waals surface area contributed by atoms with Crippen LogP contribution in [0.5, 0.6) is 0 Å². The van der Waals surface area contributed by atoms with Crippen LogP contribution in [0.2, 0.25) is 0 Å². The monoisotopic (exact) mass is 208 g/mol. The second-order valence-corrected chi connectivity index (χ2v) is 3.46. The van der Waals surface area contributed by atoms with Crippen LogP contribution in [-0.2, 0) is 17.9 Å². The van der Waals surface area contributed by atoms with Gasteiger partial charge in [0.25, 0.3) is 0 Å². The first-order valence-electron chi connectivity index (χ1n) is 4.87. The topological polar surface area (TPSA) is 75.3 Å². The molecule has 0 spiro atoms. The first-order valence-corrected chi connectivity index (χ1v) is 4.87. The summed E-state index contributed by atoms with van der Waals surface area (Å²) in [6.07, 6.45) is 0. The lowest BCUT2D eigenvalue weighted by molar-refractivity contribution is -0.139. The van der Waals surface area contributed by atoms with Gasteiger partial charge in [-0.15, -0.1) is 0 Å². The quantitative estimate of drug-likeness (QED) is 0.666. The lowest BCUT2D eigenvalue weighted by Gasteiger charge is -2.09. The normalized spacial score (nSPS) is 12.4. The summed E-state index contributed by atoms with van der Waals surface area (Å²) in [4.78, 5) is 10.5. The molecule has 15 heavy (non-hydrogen) atoms. The summed E-state index contributed by atoms with van der Waals surface area (Å²) in [5.41, 5.74) is 7.60. The number of carboxylic acids is 1. The van der Waals surface area contributed by atoms with Gasteiger partial charge in [0, 0.05) is 13.1 Å². The van der Waals surface area contributed by atoms with E-state index in [9.17, 15) is 4.79 Å². The molecule has 4 heteroatoms. The molecule has 1 rings (SSSR count). The molecule has 1 aromatic carbocycles. The molecule has 4 nitrogen and oxygen atoms in total. The second kappa shape index (κ2) is 5.48. The van der Waals surface area contributed by atoms with E-state index in [1.54, 1.807) is 6.92 Å². The zero-order valence-electron chi connectivity index (χ0n) is 8.73. The molecule has 0 saturated carbocycles. The number of aliphatic carboxylic acids is 1. The average molecular weight is 208 g/mol. The van der Waals surface area contributed by atoms with Gasteiger partial charge in [-0.2, -0.15) is 0 Å². The molecule has 0 saturated heterocycles. The molecule has 0 bridgehead atoms. The first-order chi connectivity index (χ1) is 7.13. The third-order valence-electron chi connectivity index (χ3n) is 2.24. The maximum absolute atomic E-state index is 10.5. The minimum atomic E-state index is -0.839. The molecule has 82 valence electrons. The molecule has 0 aliphatic carbocycles. The van der Waals surface area contributed by atoms with E-state index in [2.05, 4.69) is 5.32 Å². The van der Waals surface area contributed by atoms with Gasteiger partial charge in [-0.05, 0) is 18.1 Å². The van der Waals surface area contributed by atoms with Gasteiger partial charge in [0.2, 0.25) is 0 Å². The second-order valence-electron chi connectivity index (χ2n) is 3.46. The van der Waals surface area contributed by atoms with Crippen LogP contribution in [0.15, 0.2) is 24.3 Å². The first kappa shape index (κ1) is 11.7. The Hall–Kier alpha value is -1.39. The van der Waals surface area contributed by atoms with Gasteiger partial charge in [0.1, 0.15) is 6.04 Å². The lowest BCUT2D eigenvalue weighted by atomic mass is 10.1. The van der Waals surface area contributed by atoms with E-state index in [1.807, 2.05) is 24.3 Å². The van der Waals surface area contributed by atoms with Crippen LogP contribution in [0.1, 0.15) is 18.1 Å². The Balaban J connectivity index is 2.47. The molecular weight excluding hydrogens is 192 g/mol. The molecule has 0 amide bonds. The molecule has 4 N–H and O–H groups in total. The zero-order chi connectivity index (χ0) is 11.3. The van der Waals surface area contributed by atoms with Crippen molar-refractivity contribution in [2.45, 2.75) is 26.1 Å². The summed E-state index contributed by atoms with van der Waals surface area (Å²) in [6.45, 7) is 2.70.